The molecule has 8 aromatic heterocycles. The molecule has 11 rings (SSSR count). The van der Waals surface area contributed by atoms with Crippen molar-refractivity contribution in [1.29, 1.82) is 0 Å². The Morgan fingerprint density at radius 2 is 0.685 bits per heavy atom. The van der Waals surface area contributed by atoms with Crippen LogP contribution >= 0.6 is 90.7 Å². The number of aryl methyl sites for hydroxylation is 2. The highest BCUT2D eigenvalue weighted by atomic mass is 32.1. The normalized spacial score (nSPS) is 12.7. The Hall–Kier alpha value is -4.36. The number of unbranched alkanes of at least 4 members (excludes halogenated alkanes) is 10. The van der Waals surface area contributed by atoms with Gasteiger partial charge in [0.25, 0.3) is 0 Å². The monoisotopic (exact) mass is 1110 g/mol. The molecule has 10 aromatic rings. The summed E-state index contributed by atoms with van der Waals surface area (Å²) in [5.74, 6) is 1.94. The summed E-state index contributed by atoms with van der Waals surface area (Å²) >= 11 is 14.6. The fraction of sp³-hybridized carbons (Fsp3) is 0.302. The molecule has 0 saturated heterocycles. The largest absolute Gasteiger partial charge is 0.446 e. The predicted molar refractivity (Wildman–Crippen MR) is 327 cm³/mol. The average molecular weight is 1110 g/mol. The van der Waals surface area contributed by atoms with Crippen LogP contribution in [0.2, 0.25) is 0 Å². The fourth-order valence-corrected chi connectivity index (χ4v) is 18.3. The van der Waals surface area contributed by atoms with Crippen LogP contribution in [0.3, 0.4) is 0 Å². The molecule has 0 unspecified atom stereocenters. The molecular formula is C63H62O2S8. The molecule has 0 amide bonds. The summed E-state index contributed by atoms with van der Waals surface area (Å²) in [7, 11) is 0. The number of ether oxygens (including phenoxy) is 2. The minimum atomic E-state index is -0.129. The van der Waals surface area contributed by atoms with Crippen LogP contribution < -0.4 is 9.47 Å². The van der Waals surface area contributed by atoms with E-state index in [9.17, 15) is 0 Å². The van der Waals surface area contributed by atoms with Crippen LogP contribution in [0.15, 0.2) is 132 Å². The van der Waals surface area contributed by atoms with Crippen molar-refractivity contribution in [3.63, 3.8) is 0 Å². The molecule has 73 heavy (non-hydrogen) atoms. The van der Waals surface area contributed by atoms with E-state index >= 15 is 0 Å². The van der Waals surface area contributed by atoms with Crippen LogP contribution in [0.4, 0.5) is 0 Å². The Labute approximate surface area is 464 Å². The summed E-state index contributed by atoms with van der Waals surface area (Å²) in [6, 6.07) is 45.5. The number of benzene rings is 2. The molecule has 1 aliphatic carbocycles. The Kier molecular flexibility index (Phi) is 16.2. The first-order valence-electron chi connectivity index (χ1n) is 26.2. The highest BCUT2D eigenvalue weighted by molar-refractivity contribution is 7.29. The van der Waals surface area contributed by atoms with Crippen molar-refractivity contribution >= 4 is 90.7 Å². The minimum Gasteiger partial charge on any atom is -0.446 e. The zero-order valence-corrected chi connectivity index (χ0v) is 48.7. The third kappa shape index (κ3) is 11.2. The number of rotatable bonds is 24. The lowest BCUT2D eigenvalue weighted by atomic mass is 9.70. The first-order chi connectivity index (χ1) is 35.8. The average Bonchev–Trinajstić information content (AvgIpc) is 4.24. The van der Waals surface area contributed by atoms with Crippen LogP contribution in [0.5, 0.6) is 21.6 Å². The third-order valence-corrected chi connectivity index (χ3v) is 23.6. The lowest BCUT2D eigenvalue weighted by Gasteiger charge is -2.33. The topological polar surface area (TPSA) is 18.5 Å². The second-order valence-corrected chi connectivity index (χ2v) is 27.8. The van der Waals surface area contributed by atoms with E-state index in [1.165, 1.54) is 169 Å². The molecule has 0 radical (unpaired) electrons. The lowest BCUT2D eigenvalue weighted by Crippen LogP contribution is -2.26. The number of hydrogen-bond acceptors (Lipinski definition) is 10. The van der Waals surface area contributed by atoms with E-state index in [1.807, 2.05) is 45.3 Å². The van der Waals surface area contributed by atoms with Gasteiger partial charge < -0.3 is 9.47 Å². The highest BCUT2D eigenvalue weighted by Crippen LogP contribution is 2.58. The zero-order chi connectivity index (χ0) is 49.7. The van der Waals surface area contributed by atoms with Crippen LogP contribution in [0.25, 0.3) is 69.7 Å². The quantitative estimate of drug-likeness (QED) is 0.0562. The van der Waals surface area contributed by atoms with Crippen molar-refractivity contribution in [3.05, 3.63) is 154 Å². The van der Waals surface area contributed by atoms with E-state index in [0.717, 1.165) is 34.5 Å². The molecule has 8 heterocycles. The maximum atomic E-state index is 7.02. The Bertz CT molecular complexity index is 3150. The van der Waals surface area contributed by atoms with Crippen molar-refractivity contribution in [2.24, 2.45) is 0 Å². The maximum Gasteiger partial charge on any atom is 0.181 e. The molecule has 2 aromatic carbocycles. The smallest absolute Gasteiger partial charge is 0.181 e. The molecule has 0 saturated carbocycles. The molecular weight excluding hydrogens is 1050 g/mol. The summed E-state index contributed by atoms with van der Waals surface area (Å²) in [4.78, 5) is 15.7. The van der Waals surface area contributed by atoms with Gasteiger partial charge in [-0.25, -0.2) is 0 Å². The number of hydrogen-bond donors (Lipinski definition) is 0. The molecule has 0 atom stereocenters. The van der Waals surface area contributed by atoms with Gasteiger partial charge in [-0.05, 0) is 180 Å². The third-order valence-electron chi connectivity index (χ3n) is 14.4. The summed E-state index contributed by atoms with van der Waals surface area (Å²) in [6.45, 7) is 9.11. The Morgan fingerprint density at radius 3 is 1.04 bits per heavy atom. The lowest BCUT2D eigenvalue weighted by molar-refractivity contribution is 0.394. The Morgan fingerprint density at radius 1 is 0.356 bits per heavy atom. The predicted octanol–water partition coefficient (Wildman–Crippen LogP) is 24.1. The second-order valence-electron chi connectivity index (χ2n) is 19.5. The second kappa shape index (κ2) is 23.3. The zero-order valence-electron chi connectivity index (χ0n) is 42.2. The van der Waals surface area contributed by atoms with E-state index in [4.69, 9.17) is 9.47 Å². The molecule has 0 spiro atoms. The number of fused-ring (bicyclic) bond motifs is 3. The molecule has 0 N–H and O–H groups in total. The van der Waals surface area contributed by atoms with Gasteiger partial charge in [0.2, 0.25) is 0 Å². The van der Waals surface area contributed by atoms with Gasteiger partial charge in [0.15, 0.2) is 10.1 Å². The molecule has 0 bridgehead atoms. The molecule has 2 nitrogen and oxygen atoms in total. The van der Waals surface area contributed by atoms with Crippen molar-refractivity contribution < 1.29 is 9.47 Å². The minimum absolute atomic E-state index is 0.129. The van der Waals surface area contributed by atoms with E-state index in [-0.39, 0.29) is 5.41 Å². The SMILES string of the molecule is CCCCCCCCC1(CCCCCCCC)c2cc(Oc3ccc(-c4ccc(-c5ccc(-c6cccs6)s5)s4)s3)c(C)cc2-c2cc(C)c(Oc3ccc(-c4ccc(-c5ccc(-c6cccs6)s5)s4)s3)cc21. The number of thiophene rings is 8. The summed E-state index contributed by atoms with van der Waals surface area (Å²) in [5, 5.41) is 6.19. The van der Waals surface area contributed by atoms with Gasteiger partial charge in [-0.1, -0.05) is 126 Å². The fourth-order valence-electron chi connectivity index (χ4n) is 10.5. The van der Waals surface area contributed by atoms with E-state index in [1.54, 1.807) is 45.3 Å². The van der Waals surface area contributed by atoms with E-state index in [0.29, 0.717) is 0 Å². The highest BCUT2D eigenvalue weighted by Gasteiger charge is 2.44. The maximum absolute atomic E-state index is 7.02. The summed E-state index contributed by atoms with van der Waals surface area (Å²) in [6.07, 6.45) is 17.6. The molecule has 10 heteroatoms. The van der Waals surface area contributed by atoms with Gasteiger partial charge in [0.1, 0.15) is 11.5 Å². The Balaban J connectivity index is 0.883. The molecule has 0 aliphatic heterocycles. The van der Waals surface area contributed by atoms with Crippen LogP contribution in [0, 0.1) is 13.8 Å². The van der Waals surface area contributed by atoms with Crippen molar-refractivity contribution in [3.8, 4) is 91.3 Å². The molecule has 0 fully saturated rings. The van der Waals surface area contributed by atoms with Crippen LogP contribution in [-0.2, 0) is 5.41 Å². The van der Waals surface area contributed by atoms with Crippen molar-refractivity contribution in [2.45, 2.75) is 123 Å². The van der Waals surface area contributed by atoms with Gasteiger partial charge in [-0.15, -0.1) is 68.0 Å². The molecule has 374 valence electrons. The van der Waals surface area contributed by atoms with Crippen molar-refractivity contribution in [1.82, 2.24) is 0 Å². The molecule has 1 aliphatic rings. The van der Waals surface area contributed by atoms with E-state index in [2.05, 4.69) is 160 Å². The van der Waals surface area contributed by atoms with Crippen LogP contribution in [-0.4, -0.2) is 0 Å². The van der Waals surface area contributed by atoms with Crippen molar-refractivity contribution in [2.75, 3.05) is 0 Å². The first kappa shape index (κ1) is 50.8. The van der Waals surface area contributed by atoms with Gasteiger partial charge in [0, 0.05) is 63.9 Å². The summed E-state index contributed by atoms with van der Waals surface area (Å²) < 4.78 is 14.0. The summed E-state index contributed by atoms with van der Waals surface area (Å²) in [5.41, 5.74) is 7.86. The van der Waals surface area contributed by atoms with Gasteiger partial charge in [0.05, 0.1) is 0 Å². The standard InChI is InChI=1S/C63H62O2S8/c1-5-7-9-11-13-15-33-63(34-16-14-12-10-8-6-2)45-39-47(64-61-31-29-59(72-61)57-27-25-55(70-57)53-23-21-51(68-53)49-19-17-35-66-49)41(3)37-43(45)44-38-42(4)48(40-46(44)63)65-62-32-30-60(73-62)58-28-26-56(71-58)54-24-22-52(69-54)50-20-18-36-67-50/h17-32,35-40H,5-16,33-34H2,1-4H3. The van der Waals surface area contributed by atoms with Gasteiger partial charge >= 0.3 is 0 Å². The first-order valence-corrected chi connectivity index (χ1v) is 32.9. The van der Waals surface area contributed by atoms with E-state index < -0.39 is 0 Å². The van der Waals surface area contributed by atoms with Gasteiger partial charge in [-0.3, -0.25) is 0 Å². The van der Waals surface area contributed by atoms with Gasteiger partial charge in [-0.2, -0.15) is 0 Å². The van der Waals surface area contributed by atoms with Crippen LogP contribution in [0.1, 0.15) is 126 Å².